The van der Waals surface area contributed by atoms with Crippen LogP contribution in [0.15, 0.2) is 60.7 Å². The van der Waals surface area contributed by atoms with E-state index in [9.17, 15) is 4.79 Å². The summed E-state index contributed by atoms with van der Waals surface area (Å²) in [7, 11) is 1.67. The van der Waals surface area contributed by atoms with Crippen LogP contribution in [-0.4, -0.2) is 12.9 Å². The highest BCUT2D eigenvalue weighted by Gasteiger charge is 2.07. The molecule has 3 aromatic carbocycles. The molecule has 22 heavy (non-hydrogen) atoms. The number of methoxy groups -OCH3 is 1. The summed E-state index contributed by atoms with van der Waals surface area (Å²) in [5.74, 6) is 1.04. The molecule has 0 spiro atoms. The average Bonchev–Trinajstić information content (AvgIpc) is 2.54. The quantitative estimate of drug-likeness (QED) is 0.699. The highest BCUT2D eigenvalue weighted by atomic mass is 16.5. The summed E-state index contributed by atoms with van der Waals surface area (Å²) in [5.41, 5.74) is 3.33. The molecule has 2 heteroatoms. The molecule has 0 radical (unpaired) electrons. The van der Waals surface area contributed by atoms with Crippen molar-refractivity contribution in [1.82, 2.24) is 0 Å². The van der Waals surface area contributed by atoms with Crippen LogP contribution < -0.4 is 4.74 Å². The van der Waals surface area contributed by atoms with Crippen molar-refractivity contribution in [3.63, 3.8) is 0 Å². The molecule has 0 aliphatic rings. The molecule has 0 aliphatic carbocycles. The summed E-state index contributed by atoms with van der Waals surface area (Å²) in [4.78, 5) is 11.5. The molecule has 0 aliphatic heterocycles. The van der Waals surface area contributed by atoms with Crippen LogP contribution in [0.4, 0.5) is 0 Å². The van der Waals surface area contributed by atoms with E-state index < -0.39 is 0 Å². The van der Waals surface area contributed by atoms with Gasteiger partial charge in [-0.2, -0.15) is 0 Å². The minimum atomic E-state index is 0.179. The van der Waals surface area contributed by atoms with Crippen LogP contribution in [0.25, 0.3) is 21.9 Å². The Morgan fingerprint density at radius 1 is 0.955 bits per heavy atom. The molecular formula is C20H18O2. The predicted molar refractivity (Wildman–Crippen MR) is 90.3 cm³/mol. The zero-order chi connectivity index (χ0) is 15.5. The molecule has 0 amide bonds. The fourth-order valence-corrected chi connectivity index (χ4v) is 2.74. The third-order valence-corrected chi connectivity index (χ3v) is 3.82. The highest BCUT2D eigenvalue weighted by molar-refractivity contribution is 5.89. The van der Waals surface area contributed by atoms with Crippen LogP contribution in [0.2, 0.25) is 0 Å². The van der Waals surface area contributed by atoms with E-state index in [1.54, 1.807) is 14.0 Å². The first-order valence-electron chi connectivity index (χ1n) is 7.33. The fourth-order valence-electron chi connectivity index (χ4n) is 2.74. The van der Waals surface area contributed by atoms with Crippen molar-refractivity contribution in [3.8, 4) is 16.9 Å². The second kappa shape index (κ2) is 6.02. The SMILES string of the molecule is COc1ccc2cc(-c3ccccc3CC(C)=O)ccc2c1. The molecule has 0 saturated heterocycles. The van der Waals surface area contributed by atoms with E-state index in [-0.39, 0.29) is 5.78 Å². The molecule has 0 heterocycles. The van der Waals surface area contributed by atoms with Gasteiger partial charge in [-0.3, -0.25) is 4.79 Å². The summed E-state index contributed by atoms with van der Waals surface area (Å²) >= 11 is 0. The summed E-state index contributed by atoms with van der Waals surface area (Å²) in [6, 6.07) is 20.5. The molecule has 0 aromatic heterocycles. The van der Waals surface area contributed by atoms with Gasteiger partial charge in [-0.05, 0) is 52.6 Å². The fraction of sp³-hybridized carbons (Fsp3) is 0.150. The molecule has 110 valence electrons. The van der Waals surface area contributed by atoms with Gasteiger partial charge in [-0.25, -0.2) is 0 Å². The van der Waals surface area contributed by atoms with Crippen molar-refractivity contribution in [3.05, 3.63) is 66.2 Å². The molecule has 0 saturated carbocycles. The zero-order valence-electron chi connectivity index (χ0n) is 12.8. The Morgan fingerprint density at radius 3 is 2.45 bits per heavy atom. The second-order valence-corrected chi connectivity index (χ2v) is 5.46. The summed E-state index contributed by atoms with van der Waals surface area (Å²) in [6.07, 6.45) is 0.469. The number of hydrogen-bond donors (Lipinski definition) is 0. The lowest BCUT2D eigenvalue weighted by atomic mass is 9.95. The second-order valence-electron chi connectivity index (χ2n) is 5.46. The van der Waals surface area contributed by atoms with E-state index in [1.807, 2.05) is 30.3 Å². The molecule has 0 N–H and O–H groups in total. The first kappa shape index (κ1) is 14.3. The van der Waals surface area contributed by atoms with Gasteiger partial charge in [0.1, 0.15) is 11.5 Å². The van der Waals surface area contributed by atoms with Crippen LogP contribution in [0.5, 0.6) is 5.75 Å². The van der Waals surface area contributed by atoms with E-state index >= 15 is 0 Å². The Bertz CT molecular complexity index is 834. The van der Waals surface area contributed by atoms with E-state index in [1.165, 1.54) is 0 Å². The molecular weight excluding hydrogens is 272 g/mol. The van der Waals surface area contributed by atoms with E-state index in [0.717, 1.165) is 33.2 Å². The Balaban J connectivity index is 2.09. The molecule has 3 rings (SSSR count). The topological polar surface area (TPSA) is 26.3 Å². The van der Waals surface area contributed by atoms with Gasteiger partial charge in [0.05, 0.1) is 7.11 Å². The van der Waals surface area contributed by atoms with Crippen LogP contribution in [-0.2, 0) is 11.2 Å². The Hall–Kier alpha value is -2.61. The Labute approximate surface area is 130 Å². The van der Waals surface area contributed by atoms with Gasteiger partial charge in [-0.15, -0.1) is 0 Å². The van der Waals surface area contributed by atoms with Gasteiger partial charge >= 0.3 is 0 Å². The van der Waals surface area contributed by atoms with E-state index in [2.05, 4.69) is 30.3 Å². The van der Waals surface area contributed by atoms with Crippen LogP contribution in [0.3, 0.4) is 0 Å². The lowest BCUT2D eigenvalue weighted by Crippen LogP contribution is -1.98. The van der Waals surface area contributed by atoms with Gasteiger partial charge in [0, 0.05) is 6.42 Å². The number of carbonyl (C=O) groups excluding carboxylic acids is 1. The zero-order valence-corrected chi connectivity index (χ0v) is 12.8. The maximum atomic E-state index is 11.5. The summed E-state index contributed by atoms with van der Waals surface area (Å²) in [5, 5.41) is 2.31. The summed E-state index contributed by atoms with van der Waals surface area (Å²) in [6.45, 7) is 1.63. The van der Waals surface area contributed by atoms with Crippen molar-refractivity contribution < 1.29 is 9.53 Å². The third-order valence-electron chi connectivity index (χ3n) is 3.82. The van der Waals surface area contributed by atoms with Crippen molar-refractivity contribution in [2.75, 3.05) is 7.11 Å². The number of fused-ring (bicyclic) bond motifs is 1. The lowest BCUT2D eigenvalue weighted by Gasteiger charge is -2.10. The highest BCUT2D eigenvalue weighted by Crippen LogP contribution is 2.29. The normalized spacial score (nSPS) is 10.6. The van der Waals surface area contributed by atoms with Gasteiger partial charge in [0.15, 0.2) is 0 Å². The van der Waals surface area contributed by atoms with Crippen LogP contribution in [0.1, 0.15) is 12.5 Å². The molecule has 0 atom stereocenters. The molecule has 0 unspecified atom stereocenters. The number of benzene rings is 3. The van der Waals surface area contributed by atoms with Gasteiger partial charge in [0.2, 0.25) is 0 Å². The first-order valence-corrected chi connectivity index (χ1v) is 7.33. The van der Waals surface area contributed by atoms with Crippen molar-refractivity contribution in [1.29, 1.82) is 0 Å². The van der Waals surface area contributed by atoms with Crippen LogP contribution in [0, 0.1) is 0 Å². The van der Waals surface area contributed by atoms with Gasteiger partial charge in [0.25, 0.3) is 0 Å². The minimum Gasteiger partial charge on any atom is -0.497 e. The number of rotatable bonds is 4. The maximum absolute atomic E-state index is 11.5. The molecule has 3 aromatic rings. The number of Topliss-reactive ketones (excluding diaryl/α,β-unsaturated/α-hetero) is 1. The van der Waals surface area contributed by atoms with Crippen LogP contribution >= 0.6 is 0 Å². The third kappa shape index (κ3) is 2.86. The number of carbonyl (C=O) groups is 1. The summed E-state index contributed by atoms with van der Waals surface area (Å²) < 4.78 is 5.26. The number of ketones is 1. The maximum Gasteiger partial charge on any atom is 0.134 e. The Morgan fingerprint density at radius 2 is 1.68 bits per heavy atom. The standard InChI is InChI=1S/C20H18O2/c1-14(21)11-17-5-3-4-6-20(17)18-8-7-16-13-19(22-2)10-9-15(16)12-18/h3-10,12-13H,11H2,1-2H3. The van der Waals surface area contributed by atoms with Crippen molar-refractivity contribution in [2.45, 2.75) is 13.3 Å². The predicted octanol–water partition coefficient (Wildman–Crippen LogP) is 4.65. The largest absolute Gasteiger partial charge is 0.497 e. The minimum absolute atomic E-state index is 0.179. The van der Waals surface area contributed by atoms with Crippen molar-refractivity contribution in [2.24, 2.45) is 0 Å². The van der Waals surface area contributed by atoms with E-state index in [4.69, 9.17) is 4.74 Å². The monoisotopic (exact) mass is 290 g/mol. The number of ether oxygens (including phenoxy) is 1. The molecule has 0 fully saturated rings. The number of hydrogen-bond acceptors (Lipinski definition) is 2. The lowest BCUT2D eigenvalue weighted by molar-refractivity contribution is -0.116. The Kier molecular flexibility index (Phi) is 3.92. The average molecular weight is 290 g/mol. The molecule has 0 bridgehead atoms. The van der Waals surface area contributed by atoms with Gasteiger partial charge < -0.3 is 4.74 Å². The first-order chi connectivity index (χ1) is 10.7. The van der Waals surface area contributed by atoms with Crippen molar-refractivity contribution >= 4 is 16.6 Å². The smallest absolute Gasteiger partial charge is 0.134 e. The van der Waals surface area contributed by atoms with E-state index in [0.29, 0.717) is 6.42 Å². The van der Waals surface area contributed by atoms with Gasteiger partial charge in [-0.1, -0.05) is 42.5 Å². The molecule has 2 nitrogen and oxygen atoms in total.